The molecule has 0 unspecified atom stereocenters. The number of para-hydroxylation sites is 2. The molecule has 26 aromatic carbocycles. The van der Waals surface area contributed by atoms with E-state index in [1.54, 1.807) is 0 Å². The molecule has 32 rings (SSSR count). The van der Waals surface area contributed by atoms with Crippen molar-refractivity contribution in [2.24, 2.45) is 42.3 Å². The van der Waals surface area contributed by atoms with Crippen molar-refractivity contribution in [1.82, 2.24) is 27.4 Å². The van der Waals surface area contributed by atoms with Crippen molar-refractivity contribution in [1.29, 1.82) is 0 Å². The fourth-order valence-corrected chi connectivity index (χ4v) is 23.9. The lowest BCUT2D eigenvalue weighted by atomic mass is 9.92. The molecule has 6 heteroatoms. The summed E-state index contributed by atoms with van der Waals surface area (Å²) in [5.41, 5.74) is 15.6. The van der Waals surface area contributed by atoms with Gasteiger partial charge in [-0.3, -0.25) is 0 Å². The van der Waals surface area contributed by atoms with Gasteiger partial charge in [0.1, 0.15) is 0 Å². The Morgan fingerprint density at radius 3 is 0.870 bits per heavy atom. The zero-order valence-corrected chi connectivity index (χ0v) is 77.4. The number of hydrogen-bond acceptors (Lipinski definition) is 0. The van der Waals surface area contributed by atoms with Gasteiger partial charge in [-0.05, 0) is 207 Å². The second-order valence-electron chi connectivity index (χ2n) is 37.5. The van der Waals surface area contributed by atoms with Crippen LogP contribution in [-0.4, -0.2) is 27.4 Å². The molecule has 0 amide bonds. The molecule has 0 radical (unpaired) electrons. The molecule has 0 saturated carbocycles. The maximum Gasteiger partial charge on any atom is 0.0575 e. The molecule has 0 bridgehead atoms. The van der Waals surface area contributed by atoms with Crippen LogP contribution in [0.25, 0.3) is 282 Å². The van der Waals surface area contributed by atoms with Crippen molar-refractivity contribution in [2.45, 2.75) is 0 Å². The van der Waals surface area contributed by atoms with E-state index >= 15 is 0 Å². The number of hydrogen-bond donors (Lipinski definition) is 0. The maximum atomic E-state index is 2.39. The van der Waals surface area contributed by atoms with Gasteiger partial charge >= 0.3 is 0 Å². The van der Waals surface area contributed by atoms with Crippen LogP contribution in [0.5, 0.6) is 0 Å². The van der Waals surface area contributed by atoms with Gasteiger partial charge < -0.3 is 27.4 Å². The predicted molar refractivity (Wildman–Crippen MR) is 599 cm³/mol. The van der Waals surface area contributed by atoms with Gasteiger partial charge in [-0.1, -0.05) is 376 Å². The molecule has 0 saturated heterocycles. The summed E-state index contributed by atoms with van der Waals surface area (Å²) in [5, 5.41) is 53.3. The first-order valence-electron chi connectivity index (χ1n) is 47.9. The second kappa shape index (κ2) is 31.5. The maximum absolute atomic E-state index is 2.39. The lowest BCUT2D eigenvalue weighted by Gasteiger charge is -2.12. The van der Waals surface area contributed by atoms with E-state index in [1.807, 2.05) is 0 Å². The highest BCUT2D eigenvalue weighted by atomic mass is 15.0. The third-order valence-electron chi connectivity index (χ3n) is 30.3. The second-order valence-corrected chi connectivity index (χ2v) is 37.5. The van der Waals surface area contributed by atoms with Crippen molar-refractivity contribution in [2.75, 3.05) is 0 Å². The molecule has 0 N–H and O–H groups in total. The third-order valence-corrected chi connectivity index (χ3v) is 30.3. The first-order chi connectivity index (χ1) is 68.0. The van der Waals surface area contributed by atoms with E-state index < -0.39 is 0 Å². The van der Waals surface area contributed by atoms with Crippen LogP contribution in [0.2, 0.25) is 0 Å². The standard InChI is InChI=1S/C25H17N.C23H15N.4C21H15N/c1-26-24-17-9-3-2-8-16(17)14-15-22(24)23-20-12-6-4-10-18(20)19-11-5-7-13-21(19)25(23)26;1-24-19-8-3-2-7-17(19)23-18-12-11-15-6-4-5-14-9-10-16(13-20(23)24)22(18)21(14)15;1-22-19-13-7-6-12-18(19)20-16-10-4-2-8-14(16)15-9-3-5-11-17(15)21(20)22;1-22-20-12-16-8-4-2-6-14(16)10-18(20)19-11-15-7-3-5-9-17(15)13-21(19)22;1-22-18-12-10-14-6-2-4-8-16(14)20(18)21-17-9-5-3-7-15(17)11-13-19(21)22;1-22-19-11-10-14-6-4-5-9-17(14)21(19)18-12-15-7-2-3-8-16(15)13-20(18)22/h2-15H,1H3;2-13H,1H3;4*2-13H,1H3. The SMILES string of the molecule is Cn1c2c3ccccc3ccc2c2c3ccccc3c3ccccc3c21.Cn1c2cc3ccccc3cc2c2c3ccccc3ccc21.Cn1c2cc3ccccc3cc2c2cc3ccccc3cc21.Cn1c2ccc3ccccc3c2c2c3ccccc3ccc21.Cn1c2ccccc2c2c3ccc4cccc5ccc(cc21)c3c54.Cn1c2ccccc2c2c3ccccc3c3ccccc3c21. The highest BCUT2D eigenvalue weighted by Gasteiger charge is 2.23. The number of fused-ring (bicyclic) bond motifs is 40. The van der Waals surface area contributed by atoms with Crippen molar-refractivity contribution >= 4 is 282 Å². The summed E-state index contributed by atoms with van der Waals surface area (Å²) >= 11 is 0. The van der Waals surface area contributed by atoms with Gasteiger partial charge in [-0.15, -0.1) is 0 Å². The van der Waals surface area contributed by atoms with Crippen LogP contribution in [0.15, 0.2) is 449 Å². The first kappa shape index (κ1) is 80.1. The molecule has 0 atom stereocenters. The number of rotatable bonds is 0. The zero-order valence-electron chi connectivity index (χ0n) is 77.4. The normalized spacial score (nSPS) is 12.0. The molecule has 138 heavy (non-hydrogen) atoms. The molecule has 6 nitrogen and oxygen atoms in total. The number of aryl methyl sites for hydroxylation is 6. The van der Waals surface area contributed by atoms with Gasteiger partial charge in [0.15, 0.2) is 0 Å². The van der Waals surface area contributed by atoms with Crippen LogP contribution in [0, 0.1) is 0 Å². The number of benzene rings is 26. The lowest BCUT2D eigenvalue weighted by Crippen LogP contribution is -1.89. The van der Waals surface area contributed by atoms with Crippen LogP contribution in [0.3, 0.4) is 0 Å². The Morgan fingerprint density at radius 1 is 0.101 bits per heavy atom. The van der Waals surface area contributed by atoms with Crippen LogP contribution >= 0.6 is 0 Å². The molecule has 6 aromatic heterocycles. The summed E-state index contributed by atoms with van der Waals surface area (Å²) in [5.74, 6) is 0. The largest absolute Gasteiger partial charge is 0.344 e. The third kappa shape index (κ3) is 12.2. The number of nitrogens with zero attached hydrogens (tertiary/aromatic N) is 6. The van der Waals surface area contributed by atoms with Crippen molar-refractivity contribution in [3.05, 3.63) is 449 Å². The van der Waals surface area contributed by atoms with E-state index in [-0.39, 0.29) is 0 Å². The summed E-state index contributed by atoms with van der Waals surface area (Å²) in [6, 6.07) is 163. The van der Waals surface area contributed by atoms with Crippen LogP contribution in [-0.2, 0) is 42.3 Å². The average Bonchev–Trinajstić information content (AvgIpc) is 1.51. The van der Waals surface area contributed by atoms with Gasteiger partial charge in [0.05, 0.1) is 22.1 Å². The summed E-state index contributed by atoms with van der Waals surface area (Å²) in [6.45, 7) is 0. The van der Waals surface area contributed by atoms with Crippen molar-refractivity contribution in [3.8, 4) is 0 Å². The zero-order chi connectivity index (χ0) is 91.8. The smallest absolute Gasteiger partial charge is 0.0575 e. The fraction of sp³-hybridized carbons (Fsp3) is 0.0455. The average molecular weight is 1760 g/mol. The predicted octanol–water partition coefficient (Wildman–Crippen LogP) is 35.6. The lowest BCUT2D eigenvalue weighted by molar-refractivity contribution is 1.02. The first-order valence-corrected chi connectivity index (χ1v) is 47.9. The van der Waals surface area contributed by atoms with E-state index in [0.717, 1.165) is 0 Å². The highest BCUT2D eigenvalue weighted by Crippen LogP contribution is 2.48. The monoisotopic (exact) mass is 1760 g/mol. The van der Waals surface area contributed by atoms with E-state index in [2.05, 4.69) is 519 Å². The van der Waals surface area contributed by atoms with E-state index in [9.17, 15) is 0 Å². The van der Waals surface area contributed by atoms with Crippen LogP contribution < -0.4 is 0 Å². The molecule has 0 aliphatic heterocycles. The summed E-state index contributed by atoms with van der Waals surface area (Å²) in [7, 11) is 13.0. The van der Waals surface area contributed by atoms with Gasteiger partial charge in [0.2, 0.25) is 0 Å². The molecular weight excluding hydrogens is 1670 g/mol. The molecular formula is C132H92N6. The van der Waals surface area contributed by atoms with Crippen LogP contribution in [0.1, 0.15) is 0 Å². The summed E-state index contributed by atoms with van der Waals surface area (Å²) < 4.78 is 14.0. The summed E-state index contributed by atoms with van der Waals surface area (Å²) in [4.78, 5) is 0. The Kier molecular flexibility index (Phi) is 18.3. The molecule has 0 aliphatic carbocycles. The minimum atomic E-state index is 1.29. The highest BCUT2D eigenvalue weighted by molar-refractivity contribution is 6.37. The molecule has 650 valence electrons. The van der Waals surface area contributed by atoms with Gasteiger partial charge in [0.25, 0.3) is 0 Å². The minimum Gasteiger partial charge on any atom is -0.344 e. The van der Waals surface area contributed by atoms with Crippen molar-refractivity contribution in [3.63, 3.8) is 0 Å². The number of aromatic nitrogens is 6. The van der Waals surface area contributed by atoms with E-state index in [4.69, 9.17) is 0 Å². The van der Waals surface area contributed by atoms with E-state index in [1.165, 1.54) is 282 Å². The molecule has 32 aromatic rings. The minimum absolute atomic E-state index is 1.29. The van der Waals surface area contributed by atoms with Gasteiger partial charge in [-0.25, -0.2) is 0 Å². The molecule has 0 aliphatic rings. The molecule has 0 spiro atoms. The van der Waals surface area contributed by atoms with Crippen molar-refractivity contribution < 1.29 is 0 Å². The van der Waals surface area contributed by atoms with Crippen LogP contribution in [0.4, 0.5) is 0 Å². The topological polar surface area (TPSA) is 29.6 Å². The Hall–Kier alpha value is -17.6. The van der Waals surface area contributed by atoms with E-state index in [0.29, 0.717) is 0 Å². The quantitative estimate of drug-likeness (QED) is 0.135. The molecule has 0 fully saturated rings. The Morgan fingerprint density at radius 2 is 0.377 bits per heavy atom. The Bertz CT molecular complexity index is 10500. The van der Waals surface area contributed by atoms with Gasteiger partial charge in [-0.2, -0.15) is 0 Å². The molecule has 6 heterocycles. The van der Waals surface area contributed by atoms with Gasteiger partial charge in [0, 0.05) is 167 Å². The Balaban J connectivity index is 0.0000000836. The fourth-order valence-electron chi connectivity index (χ4n) is 23.9. The summed E-state index contributed by atoms with van der Waals surface area (Å²) in [6.07, 6.45) is 0. The Labute approximate surface area is 794 Å².